The molecule has 1 atom stereocenters. The van der Waals surface area contributed by atoms with E-state index in [1.165, 1.54) is 11.8 Å². The molecule has 1 saturated heterocycles. The fraction of sp³-hybridized carbons (Fsp3) is 0.600. The third-order valence-corrected chi connectivity index (χ3v) is 4.87. The lowest BCUT2D eigenvalue weighted by Gasteiger charge is -2.32. The Kier molecular flexibility index (Phi) is 5.47. The highest BCUT2D eigenvalue weighted by atomic mass is 32.2. The van der Waals surface area contributed by atoms with E-state index in [9.17, 15) is 4.79 Å². The van der Waals surface area contributed by atoms with Gasteiger partial charge in [0.05, 0.1) is 12.3 Å². The maximum absolute atomic E-state index is 12.5. The van der Waals surface area contributed by atoms with E-state index < -0.39 is 0 Å². The molecule has 0 aliphatic carbocycles. The predicted octanol–water partition coefficient (Wildman–Crippen LogP) is 0.779. The van der Waals surface area contributed by atoms with Crippen LogP contribution in [0.5, 0.6) is 6.01 Å². The molecule has 1 amide bonds. The zero-order valence-corrected chi connectivity index (χ0v) is 15.4. The molecule has 25 heavy (non-hydrogen) atoms. The average molecular weight is 363 g/mol. The topological polar surface area (TPSA) is 98.9 Å². The summed E-state index contributed by atoms with van der Waals surface area (Å²) in [6.45, 7) is 5.12. The number of nitrogens with zero attached hydrogens (tertiary/aromatic N) is 7. The maximum atomic E-state index is 12.5. The van der Waals surface area contributed by atoms with E-state index in [1.807, 2.05) is 24.8 Å². The molecule has 1 fully saturated rings. The Morgan fingerprint density at radius 2 is 2.12 bits per heavy atom. The van der Waals surface area contributed by atoms with Crippen molar-refractivity contribution in [2.24, 2.45) is 7.05 Å². The number of hydrogen-bond acceptors (Lipinski definition) is 8. The number of aromatic nitrogens is 6. The van der Waals surface area contributed by atoms with Gasteiger partial charge in [-0.15, -0.1) is 5.10 Å². The Morgan fingerprint density at radius 3 is 2.80 bits per heavy atom. The Labute approximate surface area is 150 Å². The van der Waals surface area contributed by atoms with Crippen LogP contribution in [-0.2, 0) is 11.8 Å². The van der Waals surface area contributed by atoms with Gasteiger partial charge in [-0.25, -0.2) is 14.6 Å². The number of thioether (sulfide) groups is 1. The lowest BCUT2D eigenvalue weighted by atomic mass is 10.1. The summed E-state index contributed by atoms with van der Waals surface area (Å²) in [7, 11) is 1.75. The number of ether oxygens (including phenoxy) is 1. The molecule has 3 heterocycles. The first-order valence-electron chi connectivity index (χ1n) is 8.13. The predicted molar refractivity (Wildman–Crippen MR) is 91.3 cm³/mol. The molecule has 0 radical (unpaired) electrons. The SMILES string of the molecule is Cc1cc(C)nc(OC2CCCN(C(=O)CSc3nnnn3C)C2)n1. The molecule has 0 saturated carbocycles. The highest BCUT2D eigenvalue weighted by Crippen LogP contribution is 2.19. The smallest absolute Gasteiger partial charge is 0.317 e. The Morgan fingerprint density at radius 1 is 1.36 bits per heavy atom. The normalized spacial score (nSPS) is 17.6. The van der Waals surface area contributed by atoms with Crippen molar-refractivity contribution in [1.29, 1.82) is 0 Å². The Hall–Kier alpha value is -2.23. The zero-order valence-electron chi connectivity index (χ0n) is 14.5. The number of carbonyl (C=O) groups is 1. The van der Waals surface area contributed by atoms with Gasteiger partial charge < -0.3 is 9.64 Å². The molecule has 0 aromatic carbocycles. The first kappa shape index (κ1) is 17.6. The van der Waals surface area contributed by atoms with Gasteiger partial charge in [0.25, 0.3) is 0 Å². The van der Waals surface area contributed by atoms with Gasteiger partial charge in [0.15, 0.2) is 0 Å². The van der Waals surface area contributed by atoms with Crippen molar-refractivity contribution >= 4 is 17.7 Å². The molecule has 0 bridgehead atoms. The van der Waals surface area contributed by atoms with Gasteiger partial charge in [0, 0.05) is 25.0 Å². The number of carbonyl (C=O) groups excluding carboxylic acids is 1. The van der Waals surface area contributed by atoms with Crippen LogP contribution in [0.15, 0.2) is 11.2 Å². The van der Waals surface area contributed by atoms with Crippen LogP contribution in [0.25, 0.3) is 0 Å². The monoisotopic (exact) mass is 363 g/mol. The lowest BCUT2D eigenvalue weighted by Crippen LogP contribution is -2.45. The molecular weight excluding hydrogens is 342 g/mol. The summed E-state index contributed by atoms with van der Waals surface area (Å²) in [4.78, 5) is 22.9. The number of rotatable bonds is 5. The van der Waals surface area contributed by atoms with Crippen LogP contribution in [0.1, 0.15) is 24.2 Å². The van der Waals surface area contributed by atoms with Crippen LogP contribution in [0.4, 0.5) is 0 Å². The van der Waals surface area contributed by atoms with E-state index in [0.717, 1.165) is 30.8 Å². The van der Waals surface area contributed by atoms with Crippen molar-refractivity contribution in [2.75, 3.05) is 18.8 Å². The van der Waals surface area contributed by atoms with E-state index in [-0.39, 0.29) is 12.0 Å². The summed E-state index contributed by atoms with van der Waals surface area (Å²) in [6.07, 6.45) is 1.71. The fourth-order valence-electron chi connectivity index (χ4n) is 2.72. The second-order valence-corrected chi connectivity index (χ2v) is 6.97. The van der Waals surface area contributed by atoms with E-state index in [2.05, 4.69) is 25.5 Å². The van der Waals surface area contributed by atoms with Gasteiger partial charge in [0.1, 0.15) is 6.10 Å². The Bertz CT molecular complexity index is 731. The highest BCUT2D eigenvalue weighted by molar-refractivity contribution is 7.99. The van der Waals surface area contributed by atoms with Gasteiger partial charge in [-0.05, 0) is 43.2 Å². The summed E-state index contributed by atoms with van der Waals surface area (Å²) >= 11 is 1.33. The zero-order chi connectivity index (χ0) is 17.8. The van der Waals surface area contributed by atoms with Crippen LogP contribution in [0.2, 0.25) is 0 Å². The molecule has 2 aromatic heterocycles. The van der Waals surface area contributed by atoms with Crippen LogP contribution < -0.4 is 4.74 Å². The van der Waals surface area contributed by atoms with E-state index in [4.69, 9.17) is 4.74 Å². The molecular formula is C15H21N7O2S. The average Bonchev–Trinajstić information content (AvgIpc) is 2.97. The van der Waals surface area contributed by atoms with Gasteiger partial charge in [0.2, 0.25) is 11.1 Å². The second-order valence-electron chi connectivity index (χ2n) is 6.03. The third-order valence-electron chi connectivity index (χ3n) is 3.87. The van der Waals surface area contributed by atoms with E-state index in [1.54, 1.807) is 11.7 Å². The van der Waals surface area contributed by atoms with Gasteiger partial charge in [-0.1, -0.05) is 11.8 Å². The quantitative estimate of drug-likeness (QED) is 0.719. The van der Waals surface area contributed by atoms with Gasteiger partial charge in [-0.2, -0.15) is 0 Å². The molecule has 0 N–H and O–H groups in total. The van der Waals surface area contributed by atoms with E-state index >= 15 is 0 Å². The van der Waals surface area contributed by atoms with Crippen LogP contribution in [0, 0.1) is 13.8 Å². The highest BCUT2D eigenvalue weighted by Gasteiger charge is 2.26. The number of likely N-dealkylation sites (tertiary alicyclic amines) is 1. The molecule has 1 aliphatic rings. The van der Waals surface area contributed by atoms with Crippen molar-refractivity contribution < 1.29 is 9.53 Å². The van der Waals surface area contributed by atoms with Gasteiger partial charge >= 0.3 is 6.01 Å². The first-order chi connectivity index (χ1) is 12.0. The van der Waals surface area contributed by atoms with Crippen molar-refractivity contribution in [1.82, 2.24) is 35.1 Å². The second kappa shape index (κ2) is 7.77. The minimum atomic E-state index is -0.0830. The number of aryl methyl sites for hydroxylation is 3. The van der Waals surface area contributed by atoms with E-state index in [0.29, 0.717) is 23.5 Å². The lowest BCUT2D eigenvalue weighted by molar-refractivity contribution is -0.131. The van der Waals surface area contributed by atoms with Crippen molar-refractivity contribution in [3.05, 3.63) is 17.5 Å². The third kappa shape index (κ3) is 4.65. The largest absolute Gasteiger partial charge is 0.458 e. The first-order valence-corrected chi connectivity index (χ1v) is 9.11. The van der Waals surface area contributed by atoms with Crippen LogP contribution in [0.3, 0.4) is 0 Å². The minimum absolute atomic E-state index is 0.0580. The molecule has 1 aliphatic heterocycles. The van der Waals surface area contributed by atoms with Crippen molar-refractivity contribution in [3.63, 3.8) is 0 Å². The summed E-state index contributed by atoms with van der Waals surface area (Å²) < 4.78 is 7.46. The maximum Gasteiger partial charge on any atom is 0.317 e. The fourth-order valence-corrected chi connectivity index (χ4v) is 3.47. The van der Waals surface area contributed by atoms with Crippen LogP contribution in [-0.4, -0.2) is 65.9 Å². The molecule has 134 valence electrons. The number of hydrogen-bond donors (Lipinski definition) is 0. The Balaban J connectivity index is 1.55. The van der Waals surface area contributed by atoms with Crippen molar-refractivity contribution in [3.8, 4) is 6.01 Å². The number of amides is 1. The molecule has 2 aromatic rings. The molecule has 10 heteroatoms. The van der Waals surface area contributed by atoms with Gasteiger partial charge in [-0.3, -0.25) is 4.79 Å². The van der Waals surface area contributed by atoms with Crippen molar-refractivity contribution in [2.45, 2.75) is 37.9 Å². The molecule has 1 unspecified atom stereocenters. The molecule has 3 rings (SSSR count). The molecule has 9 nitrogen and oxygen atoms in total. The number of tetrazole rings is 1. The molecule has 0 spiro atoms. The minimum Gasteiger partial charge on any atom is -0.458 e. The van der Waals surface area contributed by atoms with Crippen LogP contribution >= 0.6 is 11.8 Å². The summed E-state index contributed by atoms with van der Waals surface area (Å²) in [5.41, 5.74) is 1.75. The summed E-state index contributed by atoms with van der Waals surface area (Å²) in [5.74, 6) is 0.365. The summed E-state index contributed by atoms with van der Waals surface area (Å²) in [5, 5.41) is 11.8. The number of piperidine rings is 1. The summed E-state index contributed by atoms with van der Waals surface area (Å²) in [6, 6.07) is 2.29. The standard InChI is InChI=1S/C15H21N7O2S/c1-10-7-11(2)17-14(16-10)24-12-5-4-6-22(8-12)13(23)9-25-15-18-19-20-21(15)3/h7,12H,4-6,8-9H2,1-3H3.